The number of nitrogen functional groups attached to an aromatic ring is 1. The van der Waals surface area contributed by atoms with Crippen molar-refractivity contribution in [3.63, 3.8) is 0 Å². The first-order valence-electron chi connectivity index (χ1n) is 14.8. The van der Waals surface area contributed by atoms with Gasteiger partial charge in [-0.15, -0.1) is 0 Å². The number of rotatable bonds is 12. The lowest BCUT2D eigenvalue weighted by atomic mass is 9.83. The largest absolute Gasteiger partial charge is 0.459 e. The van der Waals surface area contributed by atoms with Crippen LogP contribution in [0.15, 0.2) is 59.5 Å². The van der Waals surface area contributed by atoms with Gasteiger partial charge in [-0.1, -0.05) is 44.2 Å². The number of nitrogens with one attached hydrogen (secondary N) is 1. The number of carbonyl (C=O) groups excluding carboxylic acids is 2. The molecule has 0 saturated carbocycles. The number of benzene rings is 2. The first kappa shape index (κ1) is 39.2. The number of fused-ring (bicyclic) bond motifs is 1. The highest BCUT2D eigenvalue weighted by Crippen LogP contribution is 2.61. The molecule has 2 aromatic rings. The number of amides is 1. The molecule has 12 N–H and O–H groups in total. The Morgan fingerprint density at radius 3 is 1.98 bits per heavy atom. The second-order valence-electron chi connectivity index (χ2n) is 12.3. The number of sulfonamides is 1. The lowest BCUT2D eigenvalue weighted by Crippen LogP contribution is -2.78. The van der Waals surface area contributed by atoms with Gasteiger partial charge in [0.2, 0.25) is 10.0 Å². The fraction of sp³-hybridized carbons (Fsp3) is 0.517. The summed E-state index contributed by atoms with van der Waals surface area (Å²) in [5, 5.41) is 95.9. The van der Waals surface area contributed by atoms with Crippen molar-refractivity contribution in [3.8, 4) is 0 Å². The fourth-order valence-electron chi connectivity index (χ4n) is 5.56. The van der Waals surface area contributed by atoms with Crippen LogP contribution in [-0.2, 0) is 40.2 Å². The molecule has 5 atom stereocenters. The Kier molecular flexibility index (Phi) is 10.4. The van der Waals surface area contributed by atoms with Crippen LogP contribution in [0.2, 0.25) is 0 Å². The van der Waals surface area contributed by atoms with E-state index in [1.54, 1.807) is 44.2 Å². The van der Waals surface area contributed by atoms with Crippen LogP contribution in [0, 0.1) is 5.92 Å². The summed E-state index contributed by atoms with van der Waals surface area (Å²) in [6.45, 7) is 3.65. The van der Waals surface area contributed by atoms with Crippen LogP contribution in [0.3, 0.4) is 0 Å². The summed E-state index contributed by atoms with van der Waals surface area (Å²) in [7, 11) is -4.33. The van der Waals surface area contributed by atoms with Gasteiger partial charge in [-0.25, -0.2) is 13.2 Å². The average molecular weight is 734 g/mol. The zero-order valence-electron chi connectivity index (χ0n) is 26.8. The molecule has 21 heteroatoms. The Labute approximate surface area is 284 Å². The number of hydrogen-bond acceptors (Lipinski definition) is 18. The minimum absolute atomic E-state index is 0.133. The van der Waals surface area contributed by atoms with Crippen LogP contribution < -0.4 is 11.1 Å². The van der Waals surface area contributed by atoms with E-state index in [0.717, 1.165) is 11.2 Å². The molecule has 0 aliphatic carbocycles. The van der Waals surface area contributed by atoms with E-state index in [2.05, 4.69) is 19.5 Å². The van der Waals surface area contributed by atoms with Crippen molar-refractivity contribution in [2.75, 3.05) is 18.8 Å². The van der Waals surface area contributed by atoms with Crippen molar-refractivity contribution in [2.45, 2.75) is 79.3 Å². The maximum Gasteiger partial charge on any atom is 0.410 e. The quantitative estimate of drug-likeness (QED) is 0.0567. The molecule has 2 aliphatic rings. The van der Waals surface area contributed by atoms with Gasteiger partial charge in [0.25, 0.3) is 11.4 Å². The monoisotopic (exact) mass is 733 g/mol. The summed E-state index contributed by atoms with van der Waals surface area (Å²) < 4.78 is 46.9. The second kappa shape index (κ2) is 13.2. The molecule has 20 nitrogen and oxygen atoms in total. The number of hydrogen-bond donors (Lipinski definition) is 11. The van der Waals surface area contributed by atoms with E-state index >= 15 is 0 Å². The minimum atomic E-state index is -4.69. The Bertz CT molecular complexity index is 1670. The lowest BCUT2D eigenvalue weighted by molar-refractivity contribution is -0.530. The normalized spacial score (nSPS) is 27.8. The van der Waals surface area contributed by atoms with Gasteiger partial charge in [0.1, 0.15) is 6.10 Å². The molecule has 0 radical (unpaired) electrons. The number of anilines is 1. The molecule has 278 valence electrons. The van der Waals surface area contributed by atoms with E-state index in [0.29, 0.717) is 5.56 Å². The van der Waals surface area contributed by atoms with Gasteiger partial charge in [0.15, 0.2) is 0 Å². The first-order valence-corrected chi connectivity index (χ1v) is 16.3. The first-order chi connectivity index (χ1) is 22.8. The van der Waals surface area contributed by atoms with Gasteiger partial charge >= 0.3 is 35.8 Å². The zero-order valence-corrected chi connectivity index (χ0v) is 27.6. The van der Waals surface area contributed by atoms with Gasteiger partial charge < -0.3 is 66.5 Å². The highest BCUT2D eigenvalue weighted by Gasteiger charge is 2.98. The SMILES string of the molecule is CC(=O)OC(CN(CC(C)C)S(=O)(=O)c1ccc(N)cc1)C(Cc1ccccc1)NC(=O)OC1(O)C(O)(O)OC2(O)OC(O)(O)C(O)(O)C21O. The van der Waals surface area contributed by atoms with Crippen LogP contribution in [0.4, 0.5) is 10.5 Å². The van der Waals surface area contributed by atoms with Gasteiger partial charge in [0.05, 0.1) is 17.5 Å². The molecule has 0 bridgehead atoms. The van der Waals surface area contributed by atoms with Crippen LogP contribution >= 0.6 is 0 Å². The van der Waals surface area contributed by atoms with Crippen molar-refractivity contribution < 1.29 is 82.9 Å². The van der Waals surface area contributed by atoms with Crippen molar-refractivity contribution >= 4 is 27.8 Å². The fourth-order valence-corrected chi connectivity index (χ4v) is 7.18. The van der Waals surface area contributed by atoms with Crippen molar-refractivity contribution in [2.24, 2.45) is 5.92 Å². The molecule has 0 spiro atoms. The number of alkyl carbamates (subject to hydrolysis) is 1. The van der Waals surface area contributed by atoms with Gasteiger partial charge in [-0.2, -0.15) is 4.31 Å². The third-order valence-electron chi connectivity index (χ3n) is 7.99. The number of nitrogens with zero attached hydrogens (tertiary/aromatic N) is 1. The van der Waals surface area contributed by atoms with Crippen molar-refractivity contribution in [1.82, 2.24) is 9.62 Å². The molecule has 2 aromatic carbocycles. The summed E-state index contributed by atoms with van der Waals surface area (Å²) in [5.41, 5.74) is 1.83. The van der Waals surface area contributed by atoms with Crippen molar-refractivity contribution in [1.29, 1.82) is 0 Å². The van der Waals surface area contributed by atoms with E-state index in [1.807, 2.05) is 0 Å². The predicted octanol–water partition coefficient (Wildman–Crippen LogP) is -3.73. The van der Waals surface area contributed by atoms with E-state index in [4.69, 9.17) is 10.5 Å². The third-order valence-corrected chi connectivity index (χ3v) is 9.83. The maximum atomic E-state index is 13.8. The molecule has 50 heavy (non-hydrogen) atoms. The van der Waals surface area contributed by atoms with Crippen LogP contribution in [0.1, 0.15) is 26.3 Å². The number of nitrogens with two attached hydrogens (primary N) is 1. The molecule has 2 heterocycles. The van der Waals surface area contributed by atoms with E-state index < -0.39 is 75.9 Å². The summed E-state index contributed by atoms with van der Waals surface area (Å²) in [6.07, 6.45) is -3.85. The van der Waals surface area contributed by atoms with Gasteiger partial charge in [-0.05, 0) is 42.2 Å². The number of ether oxygens (including phenoxy) is 4. The molecular weight excluding hydrogens is 694 g/mol. The molecule has 2 aliphatic heterocycles. The van der Waals surface area contributed by atoms with Crippen molar-refractivity contribution in [3.05, 3.63) is 60.2 Å². The summed E-state index contributed by atoms with van der Waals surface area (Å²) in [5.74, 6) is -23.7. The molecule has 0 aromatic heterocycles. The minimum Gasteiger partial charge on any atom is -0.459 e. The molecule has 2 fully saturated rings. The topological polar surface area (TPSA) is 329 Å². The molecule has 2 saturated heterocycles. The van der Waals surface area contributed by atoms with Gasteiger partial charge in [0, 0.05) is 19.2 Å². The van der Waals surface area contributed by atoms with Gasteiger partial charge in [-0.3, -0.25) is 14.3 Å². The van der Waals surface area contributed by atoms with E-state index in [9.17, 15) is 64.0 Å². The molecule has 4 rings (SSSR count). The highest BCUT2D eigenvalue weighted by molar-refractivity contribution is 7.89. The standard InChI is InChI=1S/C29H39N3O17S/c1-16(2)14-32(50(44,45)20-11-9-19(30)10-12-20)15-22(46-17(3)33)21(13-18-7-5-4-6-8-18)31-23(34)47-26(38)24(35)25(36,37)27(39,40)48-29(24,43)49-28(26,41)42/h4-12,16,21-22,35-43H,13-15,30H2,1-3H3,(H,31,34). The van der Waals surface area contributed by atoms with E-state index in [1.165, 1.54) is 24.3 Å². The molecule has 5 unspecified atom stereocenters. The third kappa shape index (κ3) is 6.64. The molecule has 1 amide bonds. The summed E-state index contributed by atoms with van der Waals surface area (Å²) >= 11 is 0. The predicted molar refractivity (Wildman–Crippen MR) is 162 cm³/mol. The zero-order chi connectivity index (χ0) is 37.7. The summed E-state index contributed by atoms with van der Waals surface area (Å²) in [4.78, 5) is 25.6. The number of esters is 1. The summed E-state index contributed by atoms with van der Waals surface area (Å²) in [6, 6.07) is 11.7. The number of aliphatic hydroxyl groups is 9. The Morgan fingerprint density at radius 1 is 0.880 bits per heavy atom. The highest BCUT2D eigenvalue weighted by atomic mass is 32.2. The Balaban J connectivity index is 1.75. The van der Waals surface area contributed by atoms with Crippen LogP contribution in [-0.4, -0.2) is 131 Å². The second-order valence-corrected chi connectivity index (χ2v) is 14.2. The number of carbonyl (C=O) groups is 2. The lowest BCUT2D eigenvalue weighted by Gasteiger charge is -2.43. The smallest absolute Gasteiger partial charge is 0.410 e. The van der Waals surface area contributed by atoms with E-state index in [-0.39, 0.29) is 29.5 Å². The Morgan fingerprint density at radius 2 is 1.44 bits per heavy atom. The average Bonchev–Trinajstić information content (AvgIpc) is 3.17. The van der Waals surface area contributed by atoms with Crippen LogP contribution in [0.5, 0.6) is 0 Å². The van der Waals surface area contributed by atoms with Crippen LogP contribution in [0.25, 0.3) is 0 Å². The maximum absolute atomic E-state index is 13.8. The Hall–Kier alpha value is -3.55. The molecular formula is C29H39N3O17S.